The minimum Gasteiger partial charge on any atom is -0.394 e. The zero-order valence-corrected chi connectivity index (χ0v) is 22.9. The highest BCUT2D eigenvalue weighted by Gasteiger charge is 2.44. The Morgan fingerprint density at radius 1 is 0.875 bits per heavy atom. The maximum Gasteiger partial charge on any atom is 0.144 e. The molecular formula is C22H48O8P2. The second-order valence-corrected chi connectivity index (χ2v) is 14.3. The highest BCUT2D eigenvalue weighted by molar-refractivity contribution is 7.46. The molecule has 10 heteroatoms. The van der Waals surface area contributed by atoms with Gasteiger partial charge in [-0.3, -0.25) is 0 Å². The second kappa shape index (κ2) is 16.8. The quantitative estimate of drug-likeness (QED) is 0.171. The average Bonchev–Trinajstić information content (AvgIpc) is 2.78. The van der Waals surface area contributed by atoms with Gasteiger partial charge < -0.3 is 38.7 Å². The maximum absolute atomic E-state index is 13.2. The van der Waals surface area contributed by atoms with Crippen LogP contribution in [-0.2, 0) is 23.3 Å². The molecule has 0 saturated heterocycles. The fraction of sp³-hybridized carbons (Fsp3) is 1.00. The van der Waals surface area contributed by atoms with Gasteiger partial charge in [-0.15, -0.1) is 0 Å². The topological polar surface area (TPSA) is 123 Å². The van der Waals surface area contributed by atoms with Crippen LogP contribution in [0, 0.1) is 0 Å². The van der Waals surface area contributed by atoms with E-state index in [-0.39, 0.29) is 19.3 Å². The third-order valence-electron chi connectivity index (χ3n) is 5.59. The molecule has 6 unspecified atom stereocenters. The van der Waals surface area contributed by atoms with Crippen LogP contribution in [0.15, 0.2) is 0 Å². The molecule has 0 amide bonds. The van der Waals surface area contributed by atoms with E-state index in [2.05, 4.69) is 0 Å². The Kier molecular flexibility index (Phi) is 16.9. The Labute approximate surface area is 196 Å². The molecule has 0 spiro atoms. The molecule has 0 fully saturated rings. The Morgan fingerprint density at radius 2 is 1.44 bits per heavy atom. The summed E-state index contributed by atoms with van der Waals surface area (Å²) in [5, 5.41) is 27.8. The van der Waals surface area contributed by atoms with Crippen molar-refractivity contribution in [3.63, 3.8) is 0 Å². The lowest BCUT2D eigenvalue weighted by molar-refractivity contribution is -0.136. The number of hydrogen-bond acceptors (Lipinski definition) is 8. The molecule has 0 aromatic rings. The van der Waals surface area contributed by atoms with Crippen molar-refractivity contribution in [3.8, 4) is 0 Å². The van der Waals surface area contributed by atoms with Gasteiger partial charge in [0.15, 0.2) is 0 Å². The van der Waals surface area contributed by atoms with Crippen LogP contribution in [0.5, 0.6) is 0 Å². The number of ether oxygens (including phenoxy) is 3. The van der Waals surface area contributed by atoms with Gasteiger partial charge in [-0.1, -0.05) is 27.7 Å². The summed E-state index contributed by atoms with van der Waals surface area (Å²) in [6, 6.07) is 0. The molecule has 0 aliphatic carbocycles. The Hall–Kier alpha value is 0.220. The van der Waals surface area contributed by atoms with E-state index < -0.39 is 38.3 Å². The van der Waals surface area contributed by atoms with Crippen molar-refractivity contribution in [2.75, 3.05) is 45.4 Å². The maximum atomic E-state index is 13.2. The lowest BCUT2D eigenvalue weighted by Gasteiger charge is -2.37. The van der Waals surface area contributed by atoms with Crippen LogP contribution in [0.2, 0.25) is 0 Å². The van der Waals surface area contributed by atoms with Gasteiger partial charge in [-0.05, 0) is 45.7 Å². The Morgan fingerprint density at radius 3 is 1.94 bits per heavy atom. The van der Waals surface area contributed by atoms with Crippen LogP contribution in [0.4, 0.5) is 0 Å². The summed E-state index contributed by atoms with van der Waals surface area (Å²) in [5.74, 6) is 0. The van der Waals surface area contributed by atoms with Crippen molar-refractivity contribution in [2.45, 2.75) is 96.0 Å². The second-order valence-electron chi connectivity index (χ2n) is 9.23. The van der Waals surface area contributed by atoms with Crippen LogP contribution in [0.3, 0.4) is 0 Å². The summed E-state index contributed by atoms with van der Waals surface area (Å²) in [6.07, 6.45) is 1.25. The molecule has 32 heavy (non-hydrogen) atoms. The summed E-state index contributed by atoms with van der Waals surface area (Å²) >= 11 is 0. The molecule has 0 aromatic carbocycles. The number of aliphatic hydroxyl groups excluding tert-OH is 3. The van der Waals surface area contributed by atoms with Crippen molar-refractivity contribution in [1.29, 1.82) is 0 Å². The van der Waals surface area contributed by atoms with Gasteiger partial charge in [-0.2, -0.15) is 0 Å². The molecule has 194 valence electrons. The van der Waals surface area contributed by atoms with E-state index in [1.54, 1.807) is 13.8 Å². The van der Waals surface area contributed by atoms with E-state index in [9.17, 15) is 19.3 Å². The van der Waals surface area contributed by atoms with Crippen molar-refractivity contribution in [3.05, 3.63) is 0 Å². The lowest BCUT2D eigenvalue weighted by atomic mass is 10.1. The third-order valence-corrected chi connectivity index (χ3v) is 10.4. The molecule has 0 aliphatic heterocycles. The van der Waals surface area contributed by atoms with Crippen LogP contribution < -0.4 is 0 Å². The van der Waals surface area contributed by atoms with E-state index >= 15 is 0 Å². The summed E-state index contributed by atoms with van der Waals surface area (Å²) in [7, 11) is -4.33. The van der Waals surface area contributed by atoms with Crippen molar-refractivity contribution in [1.82, 2.24) is 0 Å². The summed E-state index contributed by atoms with van der Waals surface area (Å²) in [4.78, 5) is 0. The normalized spacial score (nSPS) is 19.2. The average molecular weight is 503 g/mol. The molecule has 6 atom stereocenters. The van der Waals surface area contributed by atoms with Gasteiger partial charge in [0.1, 0.15) is 25.4 Å². The standard InChI is InChI=1S/C22H48O8P2/c1-7-11-28-19(16-24)20(25)22(6,30-12-8-2)32(27)14-10-9-13-31(26)21(4,5)17-29-18(3)15-23/h18-20,23-25,31-32H,7-17H2,1-6H3. The first-order valence-electron chi connectivity index (χ1n) is 11.8. The Balaban J connectivity index is 4.87. The number of aliphatic hydroxyl groups is 3. The first kappa shape index (κ1) is 32.2. The van der Waals surface area contributed by atoms with E-state index in [1.807, 2.05) is 27.7 Å². The van der Waals surface area contributed by atoms with E-state index in [0.29, 0.717) is 51.4 Å². The highest BCUT2D eigenvalue weighted by atomic mass is 31.1. The van der Waals surface area contributed by atoms with Crippen LogP contribution in [0.1, 0.15) is 67.2 Å². The number of unbranched alkanes of at least 4 members (excludes halogenated alkanes) is 1. The molecule has 0 saturated carbocycles. The third kappa shape index (κ3) is 11.1. The van der Waals surface area contributed by atoms with Gasteiger partial charge in [0.05, 0.1) is 33.7 Å². The molecule has 0 aliphatic rings. The monoisotopic (exact) mass is 502 g/mol. The van der Waals surface area contributed by atoms with Crippen LogP contribution in [-0.4, -0.2) is 89.5 Å². The fourth-order valence-electron chi connectivity index (χ4n) is 3.15. The van der Waals surface area contributed by atoms with Crippen molar-refractivity contribution < 1.29 is 38.7 Å². The summed E-state index contributed by atoms with van der Waals surface area (Å²) < 4.78 is 42.9. The smallest absolute Gasteiger partial charge is 0.144 e. The lowest BCUT2D eigenvalue weighted by Crippen LogP contribution is -2.49. The summed E-state index contributed by atoms with van der Waals surface area (Å²) in [5.41, 5.74) is 0. The molecule has 0 aromatic heterocycles. The molecule has 0 heterocycles. The predicted molar refractivity (Wildman–Crippen MR) is 131 cm³/mol. The fourth-order valence-corrected chi connectivity index (χ4v) is 6.49. The first-order chi connectivity index (χ1) is 15.0. The zero-order valence-electron chi connectivity index (χ0n) is 20.9. The molecule has 0 radical (unpaired) electrons. The van der Waals surface area contributed by atoms with Crippen LogP contribution >= 0.6 is 15.6 Å². The molecule has 3 N–H and O–H groups in total. The largest absolute Gasteiger partial charge is 0.394 e. The Bertz CT molecular complexity index is 546. The number of hydrogen-bond donors (Lipinski definition) is 3. The summed E-state index contributed by atoms with van der Waals surface area (Å²) in [6.45, 7) is 11.7. The number of rotatable bonds is 20. The van der Waals surface area contributed by atoms with Gasteiger partial charge in [0.2, 0.25) is 0 Å². The van der Waals surface area contributed by atoms with Gasteiger partial charge in [0, 0.05) is 24.5 Å². The van der Waals surface area contributed by atoms with Crippen molar-refractivity contribution >= 4 is 15.6 Å². The first-order valence-corrected chi connectivity index (χ1v) is 15.1. The molecule has 0 rings (SSSR count). The van der Waals surface area contributed by atoms with E-state index in [1.165, 1.54) is 0 Å². The molecular weight excluding hydrogens is 454 g/mol. The zero-order chi connectivity index (χ0) is 24.8. The SMILES string of the molecule is CCCOC(CO)C(O)C(C)(OCCC)[PH](=O)CCCC[PH](=O)C(C)(C)COC(C)CO. The molecule has 8 nitrogen and oxygen atoms in total. The van der Waals surface area contributed by atoms with Gasteiger partial charge >= 0.3 is 0 Å². The predicted octanol–water partition coefficient (Wildman–Crippen LogP) is 3.35. The van der Waals surface area contributed by atoms with Gasteiger partial charge in [0.25, 0.3) is 0 Å². The minimum atomic E-state index is -2.39. The highest BCUT2D eigenvalue weighted by Crippen LogP contribution is 2.45. The van der Waals surface area contributed by atoms with Crippen LogP contribution in [0.25, 0.3) is 0 Å². The van der Waals surface area contributed by atoms with Crippen molar-refractivity contribution in [2.24, 2.45) is 0 Å². The molecule has 0 bridgehead atoms. The van der Waals surface area contributed by atoms with E-state index in [4.69, 9.17) is 19.3 Å². The van der Waals surface area contributed by atoms with E-state index in [0.717, 1.165) is 6.42 Å². The van der Waals surface area contributed by atoms with Gasteiger partial charge in [-0.25, -0.2) is 0 Å². The minimum absolute atomic E-state index is 0.0728.